The maximum Gasteiger partial charge on any atom is 0.319 e. The number of urea groups is 1. The fourth-order valence-electron chi connectivity index (χ4n) is 3.69. The first-order chi connectivity index (χ1) is 16.6. The number of rotatable bonds is 11. The summed E-state index contributed by atoms with van der Waals surface area (Å²) in [6, 6.07) is 7.57. The van der Waals surface area contributed by atoms with Gasteiger partial charge in [-0.25, -0.2) is 4.79 Å². The molecule has 0 aliphatic carbocycles. The van der Waals surface area contributed by atoms with Crippen LogP contribution in [0.15, 0.2) is 46.2 Å². The minimum Gasteiger partial charge on any atom is -0.336 e. The second-order valence-electron chi connectivity index (χ2n) is 9.28. The molecule has 0 atom stereocenters. The molecule has 4 N–H and O–H groups in total. The topological polar surface area (TPSA) is 167 Å². The molecule has 10 nitrogen and oxygen atoms in total. The highest BCUT2D eigenvalue weighted by Crippen LogP contribution is 2.25. The van der Waals surface area contributed by atoms with Crippen LogP contribution in [0.4, 0.5) is 10.5 Å². The Hall–Kier alpha value is -2.80. The molecule has 2 aromatic rings. The molecule has 0 saturated carbocycles. The first-order valence-electron chi connectivity index (χ1n) is 11.3. The molecule has 0 heterocycles. The predicted octanol–water partition coefficient (Wildman–Crippen LogP) is 3.65. The summed E-state index contributed by atoms with van der Waals surface area (Å²) in [5.74, 6) is 0.0913. The van der Waals surface area contributed by atoms with Crippen LogP contribution in [0.1, 0.15) is 50.8 Å². The van der Waals surface area contributed by atoms with E-state index in [-0.39, 0.29) is 58.7 Å². The standard InChI is InChI=1S/C24H32N2O8S2/c1-15(2)11-21(27)12-17-5-6-18(22(13-17)35(29,30)31)7-8-19-9-10-20(14-23(19)36(32,33)34)26-24(28)25-16(3)4/h5-6,9-10,13-16H,7-8,11-12H2,1-4H3,(H2,25,26,28)(H,29,30,31)(H,32,33,34). The van der Waals surface area contributed by atoms with Crippen molar-refractivity contribution in [3.63, 3.8) is 0 Å². The van der Waals surface area contributed by atoms with Crippen molar-refractivity contribution < 1.29 is 35.5 Å². The smallest absolute Gasteiger partial charge is 0.319 e. The molecule has 0 spiro atoms. The zero-order valence-corrected chi connectivity index (χ0v) is 22.2. The van der Waals surface area contributed by atoms with Crippen LogP contribution in [0.2, 0.25) is 0 Å². The van der Waals surface area contributed by atoms with Crippen LogP contribution in [0, 0.1) is 5.92 Å². The Balaban J connectivity index is 2.32. The van der Waals surface area contributed by atoms with Crippen LogP contribution in [-0.4, -0.2) is 43.8 Å². The summed E-state index contributed by atoms with van der Waals surface area (Å²) >= 11 is 0. The van der Waals surface area contributed by atoms with Crippen LogP contribution >= 0.6 is 0 Å². The number of carbonyl (C=O) groups is 2. The molecule has 0 saturated heterocycles. The predicted molar refractivity (Wildman–Crippen MR) is 135 cm³/mol. The SMILES string of the molecule is CC(C)CC(=O)Cc1ccc(CCc2ccc(NC(=O)NC(C)C)cc2S(=O)(=O)O)c(S(=O)(=O)O)c1. The highest BCUT2D eigenvalue weighted by molar-refractivity contribution is 7.86. The minimum atomic E-state index is -4.66. The zero-order valence-electron chi connectivity index (χ0n) is 20.6. The van der Waals surface area contributed by atoms with Crippen molar-refractivity contribution in [2.24, 2.45) is 5.92 Å². The van der Waals surface area contributed by atoms with Gasteiger partial charge in [0, 0.05) is 24.6 Å². The summed E-state index contributed by atoms with van der Waals surface area (Å²) in [5, 5.41) is 5.08. The molecule has 2 amide bonds. The lowest BCUT2D eigenvalue weighted by Gasteiger charge is -2.14. The van der Waals surface area contributed by atoms with Gasteiger partial charge in [0.25, 0.3) is 20.2 Å². The molecule has 36 heavy (non-hydrogen) atoms. The van der Waals surface area contributed by atoms with Crippen molar-refractivity contribution in [1.29, 1.82) is 0 Å². The van der Waals surface area contributed by atoms with Gasteiger partial charge in [-0.1, -0.05) is 32.0 Å². The van der Waals surface area contributed by atoms with Crippen molar-refractivity contribution in [3.8, 4) is 0 Å². The fraction of sp³-hybridized carbons (Fsp3) is 0.417. The number of benzene rings is 2. The number of nitrogens with one attached hydrogen (secondary N) is 2. The largest absolute Gasteiger partial charge is 0.336 e. The van der Waals surface area contributed by atoms with Gasteiger partial charge < -0.3 is 10.6 Å². The van der Waals surface area contributed by atoms with Crippen molar-refractivity contribution in [2.45, 2.75) is 69.2 Å². The Labute approximate surface area is 212 Å². The van der Waals surface area contributed by atoms with Crippen LogP contribution in [-0.2, 0) is 44.3 Å². The molecular weight excluding hydrogens is 508 g/mol. The van der Waals surface area contributed by atoms with E-state index in [0.29, 0.717) is 12.0 Å². The van der Waals surface area contributed by atoms with Gasteiger partial charge in [-0.05, 0) is 67.5 Å². The van der Waals surface area contributed by atoms with E-state index in [0.717, 1.165) is 6.07 Å². The van der Waals surface area contributed by atoms with Crippen LogP contribution in [0.3, 0.4) is 0 Å². The summed E-state index contributed by atoms with van der Waals surface area (Å²) in [6.07, 6.45) is 0.373. The van der Waals surface area contributed by atoms with Crippen LogP contribution in [0.25, 0.3) is 0 Å². The lowest BCUT2D eigenvalue weighted by molar-refractivity contribution is -0.119. The van der Waals surface area contributed by atoms with Gasteiger partial charge in [-0.15, -0.1) is 0 Å². The number of amides is 2. The third-order valence-corrected chi connectivity index (χ3v) is 7.00. The monoisotopic (exact) mass is 540 g/mol. The van der Waals surface area contributed by atoms with Gasteiger partial charge in [-0.2, -0.15) is 16.8 Å². The lowest BCUT2D eigenvalue weighted by atomic mass is 9.98. The Bertz CT molecular complexity index is 1230. The lowest BCUT2D eigenvalue weighted by Crippen LogP contribution is -2.34. The number of aryl methyl sites for hydroxylation is 2. The third kappa shape index (κ3) is 9.01. The molecule has 198 valence electrons. The van der Waals surface area contributed by atoms with Gasteiger partial charge in [0.15, 0.2) is 0 Å². The maximum absolute atomic E-state index is 12.1. The van der Waals surface area contributed by atoms with Crippen molar-refractivity contribution in [2.75, 3.05) is 5.32 Å². The maximum atomic E-state index is 12.1. The normalized spacial score (nSPS) is 12.1. The molecule has 2 rings (SSSR count). The highest BCUT2D eigenvalue weighted by atomic mass is 32.2. The number of carbonyl (C=O) groups excluding carboxylic acids is 2. The average Bonchev–Trinajstić information content (AvgIpc) is 2.70. The number of Topliss-reactive ketones (excluding diaryl/α,β-unsaturated/α-hetero) is 1. The molecule has 0 aromatic heterocycles. The summed E-state index contributed by atoms with van der Waals surface area (Å²) < 4.78 is 67.5. The third-order valence-electron chi connectivity index (χ3n) is 5.13. The molecule has 0 radical (unpaired) electrons. The van der Waals surface area contributed by atoms with Crippen LogP contribution in [0.5, 0.6) is 0 Å². The van der Waals surface area contributed by atoms with E-state index >= 15 is 0 Å². The van der Waals surface area contributed by atoms with E-state index in [1.165, 1.54) is 24.3 Å². The molecule has 2 aromatic carbocycles. The average molecular weight is 541 g/mol. The first kappa shape index (κ1) is 29.4. The molecule has 0 bridgehead atoms. The van der Waals surface area contributed by atoms with E-state index in [1.807, 2.05) is 13.8 Å². The first-order valence-corrected chi connectivity index (χ1v) is 14.2. The molecular formula is C24H32N2O8S2. The number of hydrogen-bond donors (Lipinski definition) is 4. The van der Waals surface area contributed by atoms with E-state index in [9.17, 15) is 35.5 Å². The van der Waals surface area contributed by atoms with E-state index < -0.39 is 31.2 Å². The summed E-state index contributed by atoms with van der Waals surface area (Å²) in [6.45, 7) is 7.30. The van der Waals surface area contributed by atoms with Crippen molar-refractivity contribution in [3.05, 3.63) is 53.1 Å². The Morgan fingerprint density at radius 1 is 0.833 bits per heavy atom. The van der Waals surface area contributed by atoms with E-state index in [4.69, 9.17) is 0 Å². The second kappa shape index (κ2) is 12.0. The molecule has 0 aliphatic heterocycles. The number of anilines is 1. The number of ketones is 1. The van der Waals surface area contributed by atoms with Crippen molar-refractivity contribution >= 4 is 37.7 Å². The quantitative estimate of drug-likeness (QED) is 0.313. The van der Waals surface area contributed by atoms with Gasteiger partial charge in [-0.3, -0.25) is 13.9 Å². The molecule has 0 unspecified atom stereocenters. The van der Waals surface area contributed by atoms with E-state index in [2.05, 4.69) is 10.6 Å². The van der Waals surface area contributed by atoms with Gasteiger partial charge >= 0.3 is 6.03 Å². The van der Waals surface area contributed by atoms with Crippen molar-refractivity contribution in [1.82, 2.24) is 5.32 Å². The Kier molecular flexibility index (Phi) is 9.78. The summed E-state index contributed by atoms with van der Waals surface area (Å²) in [7, 11) is -9.29. The van der Waals surface area contributed by atoms with Gasteiger partial charge in [0.05, 0.1) is 9.79 Å². The minimum absolute atomic E-state index is 0.00173. The number of hydrogen-bond acceptors (Lipinski definition) is 6. The highest BCUT2D eigenvalue weighted by Gasteiger charge is 2.21. The summed E-state index contributed by atoms with van der Waals surface area (Å²) in [4.78, 5) is 23.3. The Morgan fingerprint density at radius 3 is 1.86 bits per heavy atom. The van der Waals surface area contributed by atoms with E-state index in [1.54, 1.807) is 19.9 Å². The molecule has 0 fully saturated rings. The van der Waals surface area contributed by atoms with Crippen LogP contribution < -0.4 is 10.6 Å². The molecule has 0 aliphatic rings. The Morgan fingerprint density at radius 2 is 1.36 bits per heavy atom. The fourth-order valence-corrected chi connectivity index (χ4v) is 5.27. The summed E-state index contributed by atoms with van der Waals surface area (Å²) in [5.41, 5.74) is 0.978. The van der Waals surface area contributed by atoms with Gasteiger partial charge in [0.2, 0.25) is 0 Å². The second-order valence-corrected chi connectivity index (χ2v) is 12.1. The van der Waals surface area contributed by atoms with Gasteiger partial charge in [0.1, 0.15) is 5.78 Å². The molecule has 12 heteroatoms. The zero-order chi connectivity index (χ0) is 27.3.